The van der Waals surface area contributed by atoms with E-state index in [1.807, 2.05) is 23.5 Å². The highest BCUT2D eigenvalue weighted by Gasteiger charge is 2.23. The summed E-state index contributed by atoms with van der Waals surface area (Å²) in [6.07, 6.45) is 0. The Morgan fingerprint density at radius 2 is 1.13 bits per heavy atom. The van der Waals surface area contributed by atoms with Crippen LogP contribution in [-0.4, -0.2) is 9.97 Å². The van der Waals surface area contributed by atoms with Gasteiger partial charge in [0.05, 0.1) is 22.4 Å². The zero-order valence-corrected chi connectivity index (χ0v) is 29.4. The second-order valence-corrected chi connectivity index (χ2v) is 14.9. The van der Waals surface area contributed by atoms with Gasteiger partial charge in [-0.05, 0) is 100 Å². The fourth-order valence-electron chi connectivity index (χ4n) is 8.43. The van der Waals surface area contributed by atoms with Crippen LogP contribution in [0, 0.1) is 13.8 Å². The highest BCUT2D eigenvalue weighted by molar-refractivity contribution is 7.25. The summed E-state index contributed by atoms with van der Waals surface area (Å²) in [4.78, 5) is 10.8. The van der Waals surface area contributed by atoms with E-state index in [2.05, 4.69) is 147 Å². The van der Waals surface area contributed by atoms with E-state index in [-0.39, 0.29) is 0 Å². The van der Waals surface area contributed by atoms with Crippen molar-refractivity contribution in [1.29, 1.82) is 0 Å². The lowest BCUT2D eigenvalue weighted by Gasteiger charge is -2.16. The summed E-state index contributed by atoms with van der Waals surface area (Å²) in [7, 11) is 0. The topological polar surface area (TPSA) is 38.9 Å². The number of fused-ring (bicyclic) bond motifs is 10. The first-order valence-electron chi connectivity index (χ1n) is 17.7. The van der Waals surface area contributed by atoms with E-state index >= 15 is 0 Å². The Hall–Kier alpha value is -6.36. The molecule has 0 aliphatic heterocycles. The number of hydrogen-bond acceptors (Lipinski definition) is 4. The van der Waals surface area contributed by atoms with Gasteiger partial charge in [-0.2, -0.15) is 0 Å². The number of furan rings is 1. The van der Waals surface area contributed by atoms with Crippen LogP contribution in [0.15, 0.2) is 150 Å². The largest absolute Gasteiger partial charge is 0.456 e. The molecule has 3 nitrogen and oxygen atoms in total. The molecule has 0 saturated carbocycles. The molecule has 0 aliphatic rings. The second kappa shape index (κ2) is 11.1. The van der Waals surface area contributed by atoms with Crippen LogP contribution in [0.1, 0.15) is 11.1 Å². The molecule has 0 atom stereocenters. The van der Waals surface area contributed by atoms with Crippen molar-refractivity contribution in [3.8, 4) is 33.6 Å². The molecular weight excluding hydrogens is 653 g/mol. The van der Waals surface area contributed by atoms with E-state index in [0.717, 1.165) is 61.1 Å². The molecule has 0 spiro atoms. The minimum absolute atomic E-state index is 0.837. The molecule has 8 aromatic carbocycles. The Labute approximate surface area is 303 Å². The summed E-state index contributed by atoms with van der Waals surface area (Å²) < 4.78 is 9.27. The maximum absolute atomic E-state index is 6.77. The van der Waals surface area contributed by atoms with Crippen molar-refractivity contribution < 1.29 is 4.42 Å². The molecule has 0 amide bonds. The summed E-state index contributed by atoms with van der Waals surface area (Å²) in [5.74, 6) is 0. The van der Waals surface area contributed by atoms with E-state index in [9.17, 15) is 0 Å². The molecule has 0 aliphatic carbocycles. The average Bonchev–Trinajstić information content (AvgIpc) is 3.76. The molecular formula is C48H30N2OS. The van der Waals surface area contributed by atoms with E-state index < -0.39 is 0 Å². The standard InChI is InChI=1S/C48H30N2OS/c1-27-12-9-21-39-44(27)46-36(33-17-10-16-32-31-14-4-3-13-29(31)24-28(2)43(32)33)25-30(26-40(46)51-39)47-48(50-38-20-7-6-19-37(38)49-47)35-18-11-23-42-45(35)34-15-5-8-22-41(34)52-42/h3-26H,1-2H3. The summed E-state index contributed by atoms with van der Waals surface area (Å²) >= 11 is 1.82. The Balaban J connectivity index is 1.29. The summed E-state index contributed by atoms with van der Waals surface area (Å²) in [6, 6.07) is 52.0. The van der Waals surface area contributed by atoms with Crippen molar-refractivity contribution >= 4 is 86.0 Å². The quantitative estimate of drug-likeness (QED) is 0.174. The van der Waals surface area contributed by atoms with Gasteiger partial charge in [0, 0.05) is 42.1 Å². The van der Waals surface area contributed by atoms with Crippen molar-refractivity contribution in [2.45, 2.75) is 13.8 Å². The number of thiophene rings is 1. The zero-order valence-electron chi connectivity index (χ0n) is 28.6. The first-order chi connectivity index (χ1) is 25.6. The van der Waals surface area contributed by atoms with Gasteiger partial charge in [0.15, 0.2) is 0 Å². The molecule has 4 heteroatoms. The molecule has 244 valence electrons. The monoisotopic (exact) mass is 682 g/mol. The number of aromatic nitrogens is 2. The summed E-state index contributed by atoms with van der Waals surface area (Å²) in [5, 5.41) is 9.73. The average molecular weight is 683 g/mol. The number of hydrogen-bond donors (Lipinski definition) is 0. The van der Waals surface area contributed by atoms with E-state index in [1.165, 1.54) is 58.4 Å². The fraction of sp³-hybridized carbons (Fsp3) is 0.0417. The normalized spacial score (nSPS) is 12.0. The Morgan fingerprint density at radius 1 is 0.442 bits per heavy atom. The molecule has 0 unspecified atom stereocenters. The van der Waals surface area contributed by atoms with Crippen LogP contribution in [0.25, 0.3) is 108 Å². The highest BCUT2D eigenvalue weighted by atomic mass is 32.1. The number of para-hydroxylation sites is 2. The molecule has 0 fully saturated rings. The van der Waals surface area contributed by atoms with Crippen molar-refractivity contribution in [1.82, 2.24) is 9.97 Å². The van der Waals surface area contributed by atoms with Gasteiger partial charge in [-0.25, -0.2) is 9.97 Å². The molecule has 11 aromatic rings. The Kier molecular flexibility index (Phi) is 6.25. The van der Waals surface area contributed by atoms with E-state index in [1.54, 1.807) is 0 Å². The maximum Gasteiger partial charge on any atom is 0.136 e. The third-order valence-corrected chi connectivity index (χ3v) is 11.8. The van der Waals surface area contributed by atoms with E-state index in [0.29, 0.717) is 0 Å². The lowest BCUT2D eigenvalue weighted by atomic mass is 9.88. The van der Waals surface area contributed by atoms with Crippen molar-refractivity contribution in [2.24, 2.45) is 0 Å². The Morgan fingerprint density at radius 3 is 2.02 bits per heavy atom. The fourth-order valence-corrected chi connectivity index (χ4v) is 9.56. The number of benzene rings is 8. The molecule has 0 radical (unpaired) electrons. The molecule has 3 aromatic heterocycles. The SMILES string of the molecule is Cc1cc2ccccc2c2cccc(-c3cc(-c4nc5ccccc5nc4-c4cccc5sc6ccccc6c45)cc4oc5cccc(C)c5c34)c12. The minimum atomic E-state index is 0.837. The van der Waals surface area contributed by atoms with Crippen LogP contribution in [0.4, 0.5) is 0 Å². The van der Waals surface area contributed by atoms with Gasteiger partial charge in [0.25, 0.3) is 0 Å². The lowest BCUT2D eigenvalue weighted by Crippen LogP contribution is -1.97. The third kappa shape index (κ3) is 4.25. The lowest BCUT2D eigenvalue weighted by molar-refractivity contribution is 0.669. The molecule has 0 N–H and O–H groups in total. The van der Waals surface area contributed by atoms with Crippen LogP contribution >= 0.6 is 11.3 Å². The smallest absolute Gasteiger partial charge is 0.136 e. The molecule has 0 saturated heterocycles. The molecule has 11 rings (SSSR count). The summed E-state index contributed by atoms with van der Waals surface area (Å²) in [6.45, 7) is 4.41. The van der Waals surface area contributed by atoms with Crippen molar-refractivity contribution in [2.75, 3.05) is 0 Å². The van der Waals surface area contributed by atoms with E-state index in [4.69, 9.17) is 14.4 Å². The van der Waals surface area contributed by atoms with Crippen LogP contribution in [0.3, 0.4) is 0 Å². The van der Waals surface area contributed by atoms with Gasteiger partial charge in [-0.1, -0.05) is 103 Å². The summed E-state index contributed by atoms with van der Waals surface area (Å²) in [5.41, 5.74) is 12.0. The zero-order chi connectivity index (χ0) is 34.5. The Bertz CT molecular complexity index is 3280. The van der Waals surface area contributed by atoms with Gasteiger partial charge >= 0.3 is 0 Å². The number of aryl methyl sites for hydroxylation is 2. The van der Waals surface area contributed by atoms with Crippen LogP contribution in [0.2, 0.25) is 0 Å². The van der Waals surface area contributed by atoms with Gasteiger partial charge < -0.3 is 4.42 Å². The van der Waals surface area contributed by atoms with Gasteiger partial charge in [0.1, 0.15) is 11.2 Å². The van der Waals surface area contributed by atoms with Crippen molar-refractivity contribution in [3.63, 3.8) is 0 Å². The minimum Gasteiger partial charge on any atom is -0.456 e. The van der Waals surface area contributed by atoms with Crippen LogP contribution in [0.5, 0.6) is 0 Å². The maximum atomic E-state index is 6.77. The van der Waals surface area contributed by atoms with Crippen LogP contribution < -0.4 is 0 Å². The van der Waals surface area contributed by atoms with Crippen LogP contribution in [-0.2, 0) is 0 Å². The second-order valence-electron chi connectivity index (χ2n) is 13.8. The number of rotatable bonds is 3. The predicted molar refractivity (Wildman–Crippen MR) is 220 cm³/mol. The number of nitrogens with zero attached hydrogens (tertiary/aromatic N) is 2. The van der Waals surface area contributed by atoms with Crippen molar-refractivity contribution in [3.05, 3.63) is 157 Å². The first-order valence-corrected chi connectivity index (χ1v) is 18.5. The highest BCUT2D eigenvalue weighted by Crippen LogP contribution is 2.47. The molecule has 3 heterocycles. The van der Waals surface area contributed by atoms with Gasteiger partial charge in [-0.3, -0.25) is 0 Å². The third-order valence-electron chi connectivity index (χ3n) is 10.7. The van der Waals surface area contributed by atoms with Gasteiger partial charge in [0.2, 0.25) is 0 Å². The van der Waals surface area contributed by atoms with Gasteiger partial charge in [-0.15, -0.1) is 11.3 Å². The first kappa shape index (κ1) is 29.4. The molecule has 0 bridgehead atoms. The molecule has 52 heavy (non-hydrogen) atoms. The predicted octanol–water partition coefficient (Wildman–Crippen LogP) is 13.8.